The first kappa shape index (κ1) is 16.1. The van der Waals surface area contributed by atoms with Crippen LogP contribution in [0.25, 0.3) is 0 Å². The van der Waals surface area contributed by atoms with Gasteiger partial charge in [-0.3, -0.25) is 4.79 Å². The molecule has 0 saturated heterocycles. The van der Waals surface area contributed by atoms with Crippen molar-refractivity contribution in [2.45, 2.75) is 13.0 Å². The Morgan fingerprint density at radius 2 is 2.00 bits per heavy atom. The first-order valence-corrected chi connectivity index (χ1v) is 8.59. The van der Waals surface area contributed by atoms with Gasteiger partial charge in [-0.1, -0.05) is 12.1 Å². The SMILES string of the molecule is CC(CS(C)(=O)=O)NCC(=O)Nc1ccccc1Br. The van der Waals surface area contributed by atoms with E-state index in [9.17, 15) is 13.2 Å². The topological polar surface area (TPSA) is 75.3 Å². The lowest BCUT2D eigenvalue weighted by molar-refractivity contribution is -0.115. The second-order valence-corrected chi connectivity index (χ2v) is 7.44. The molecule has 1 rings (SSSR count). The molecule has 0 aliphatic rings. The molecule has 1 atom stereocenters. The maximum absolute atomic E-state index is 11.7. The Kier molecular flexibility index (Phi) is 5.96. The fraction of sp³-hybridized carbons (Fsp3) is 0.417. The quantitative estimate of drug-likeness (QED) is 0.814. The maximum Gasteiger partial charge on any atom is 0.238 e. The van der Waals surface area contributed by atoms with Crippen LogP contribution in [0.3, 0.4) is 0 Å². The molecule has 1 aromatic rings. The first-order valence-electron chi connectivity index (χ1n) is 5.73. The molecule has 0 radical (unpaired) electrons. The van der Waals surface area contributed by atoms with Gasteiger partial charge in [-0.25, -0.2) is 8.42 Å². The summed E-state index contributed by atoms with van der Waals surface area (Å²) in [6.45, 7) is 1.80. The van der Waals surface area contributed by atoms with E-state index in [1.54, 1.807) is 13.0 Å². The summed E-state index contributed by atoms with van der Waals surface area (Å²) in [4.78, 5) is 11.7. The molecule has 7 heteroatoms. The minimum Gasteiger partial charge on any atom is -0.324 e. The molecule has 2 N–H and O–H groups in total. The number of halogens is 1. The molecule has 1 aromatic carbocycles. The van der Waals surface area contributed by atoms with Gasteiger partial charge < -0.3 is 10.6 Å². The summed E-state index contributed by atoms with van der Waals surface area (Å²) in [5, 5.41) is 5.60. The number of carbonyl (C=O) groups excluding carboxylic acids is 1. The molecule has 0 saturated carbocycles. The number of sulfone groups is 1. The normalized spacial score (nSPS) is 13.0. The van der Waals surface area contributed by atoms with Crippen LogP contribution in [0.5, 0.6) is 0 Å². The largest absolute Gasteiger partial charge is 0.324 e. The van der Waals surface area contributed by atoms with Gasteiger partial charge in [-0.05, 0) is 35.0 Å². The molecular weight excluding hydrogens is 332 g/mol. The number of hydrogen-bond acceptors (Lipinski definition) is 4. The molecule has 0 aromatic heterocycles. The van der Waals surface area contributed by atoms with Gasteiger partial charge in [0.25, 0.3) is 0 Å². The van der Waals surface area contributed by atoms with E-state index in [4.69, 9.17) is 0 Å². The second-order valence-electron chi connectivity index (χ2n) is 4.40. The number of nitrogens with one attached hydrogen (secondary N) is 2. The van der Waals surface area contributed by atoms with Crippen molar-refractivity contribution in [2.24, 2.45) is 0 Å². The fourth-order valence-corrected chi connectivity index (χ4v) is 2.95. The van der Waals surface area contributed by atoms with Gasteiger partial charge in [0.05, 0.1) is 18.0 Å². The number of rotatable bonds is 6. The third-order valence-electron chi connectivity index (χ3n) is 2.31. The molecule has 0 heterocycles. The van der Waals surface area contributed by atoms with Crippen molar-refractivity contribution in [3.63, 3.8) is 0 Å². The van der Waals surface area contributed by atoms with E-state index in [2.05, 4.69) is 26.6 Å². The smallest absolute Gasteiger partial charge is 0.238 e. The Bertz CT molecular complexity index is 546. The minimum absolute atomic E-state index is 0.00924. The third-order valence-corrected chi connectivity index (χ3v) is 4.11. The van der Waals surface area contributed by atoms with Crippen LogP contribution in [0.2, 0.25) is 0 Å². The van der Waals surface area contributed by atoms with Crippen molar-refractivity contribution in [3.8, 4) is 0 Å². The number of benzene rings is 1. The molecule has 0 spiro atoms. The van der Waals surface area contributed by atoms with Crippen molar-refractivity contribution in [1.82, 2.24) is 5.32 Å². The van der Waals surface area contributed by atoms with Gasteiger partial charge in [0.1, 0.15) is 9.84 Å². The molecule has 0 bridgehead atoms. The molecule has 0 aliphatic carbocycles. The Hall–Kier alpha value is -0.920. The van der Waals surface area contributed by atoms with Crippen LogP contribution in [0, 0.1) is 0 Å². The maximum atomic E-state index is 11.7. The van der Waals surface area contributed by atoms with Crippen LogP contribution in [0.15, 0.2) is 28.7 Å². The molecular formula is C12H17BrN2O3S. The highest BCUT2D eigenvalue weighted by molar-refractivity contribution is 9.10. The molecule has 0 aliphatic heterocycles. The number of hydrogen-bond donors (Lipinski definition) is 2. The van der Waals surface area contributed by atoms with Crippen LogP contribution in [-0.2, 0) is 14.6 Å². The predicted octanol–water partition coefficient (Wildman–Crippen LogP) is 1.41. The van der Waals surface area contributed by atoms with Crippen molar-refractivity contribution in [3.05, 3.63) is 28.7 Å². The zero-order chi connectivity index (χ0) is 14.5. The molecule has 0 fully saturated rings. The van der Waals surface area contributed by atoms with Crippen molar-refractivity contribution >= 4 is 37.4 Å². The molecule has 19 heavy (non-hydrogen) atoms. The van der Waals surface area contributed by atoms with Crippen LogP contribution >= 0.6 is 15.9 Å². The summed E-state index contributed by atoms with van der Waals surface area (Å²) in [5.74, 6) is -0.206. The predicted molar refractivity (Wildman–Crippen MR) is 79.9 cm³/mol. The highest BCUT2D eigenvalue weighted by Crippen LogP contribution is 2.20. The first-order chi connectivity index (χ1) is 8.78. The average Bonchev–Trinajstić information content (AvgIpc) is 2.27. The Labute approximate surface area is 121 Å². The standard InChI is InChI=1S/C12H17BrN2O3S/c1-9(8-19(2,17)18)14-7-12(16)15-11-6-4-3-5-10(11)13/h3-6,9,14H,7-8H2,1-2H3,(H,15,16). The summed E-state index contributed by atoms with van der Waals surface area (Å²) >= 11 is 3.33. The van der Waals surface area contributed by atoms with E-state index in [0.29, 0.717) is 5.69 Å². The summed E-state index contributed by atoms with van der Waals surface area (Å²) in [6, 6.07) is 7.02. The minimum atomic E-state index is -3.04. The Balaban J connectivity index is 2.43. The summed E-state index contributed by atoms with van der Waals surface area (Å²) in [6.07, 6.45) is 1.17. The average molecular weight is 349 g/mol. The van der Waals surface area contributed by atoms with Crippen LogP contribution < -0.4 is 10.6 Å². The van der Waals surface area contributed by atoms with Crippen LogP contribution in [-0.4, -0.2) is 38.9 Å². The van der Waals surface area contributed by atoms with Crippen molar-refractivity contribution in [1.29, 1.82) is 0 Å². The highest BCUT2D eigenvalue weighted by atomic mass is 79.9. The summed E-state index contributed by atoms with van der Waals surface area (Å²) < 4.78 is 22.9. The lowest BCUT2D eigenvalue weighted by atomic mass is 10.3. The summed E-state index contributed by atoms with van der Waals surface area (Å²) in [5.41, 5.74) is 0.685. The lowest BCUT2D eigenvalue weighted by Gasteiger charge is -2.13. The fourth-order valence-electron chi connectivity index (χ4n) is 1.54. The number of anilines is 1. The molecule has 1 unspecified atom stereocenters. The highest BCUT2D eigenvalue weighted by Gasteiger charge is 2.12. The molecule has 1 amide bonds. The number of amides is 1. The van der Waals surface area contributed by atoms with E-state index in [1.807, 2.05) is 18.2 Å². The van der Waals surface area contributed by atoms with E-state index in [-0.39, 0.29) is 24.2 Å². The number of carbonyl (C=O) groups is 1. The molecule has 5 nitrogen and oxygen atoms in total. The van der Waals surface area contributed by atoms with Gasteiger partial charge in [-0.15, -0.1) is 0 Å². The van der Waals surface area contributed by atoms with Crippen molar-refractivity contribution < 1.29 is 13.2 Å². The zero-order valence-electron chi connectivity index (χ0n) is 10.8. The van der Waals surface area contributed by atoms with E-state index in [0.717, 1.165) is 4.47 Å². The number of para-hydroxylation sites is 1. The van der Waals surface area contributed by atoms with Crippen molar-refractivity contribution in [2.75, 3.05) is 23.9 Å². The Morgan fingerprint density at radius 1 is 1.37 bits per heavy atom. The van der Waals surface area contributed by atoms with E-state index >= 15 is 0 Å². The lowest BCUT2D eigenvalue weighted by Crippen LogP contribution is -2.38. The third kappa shape index (κ3) is 6.70. The van der Waals surface area contributed by atoms with Crippen LogP contribution in [0.4, 0.5) is 5.69 Å². The van der Waals surface area contributed by atoms with Gasteiger partial charge in [0.15, 0.2) is 0 Å². The van der Waals surface area contributed by atoms with E-state index < -0.39 is 9.84 Å². The van der Waals surface area contributed by atoms with Gasteiger partial charge in [0, 0.05) is 16.8 Å². The summed E-state index contributed by atoms with van der Waals surface area (Å²) in [7, 11) is -3.04. The van der Waals surface area contributed by atoms with Gasteiger partial charge in [0.2, 0.25) is 5.91 Å². The molecule has 106 valence electrons. The Morgan fingerprint density at radius 3 is 2.58 bits per heavy atom. The monoisotopic (exact) mass is 348 g/mol. The van der Waals surface area contributed by atoms with E-state index in [1.165, 1.54) is 6.26 Å². The second kappa shape index (κ2) is 7.02. The van der Waals surface area contributed by atoms with Gasteiger partial charge in [-0.2, -0.15) is 0 Å². The zero-order valence-corrected chi connectivity index (χ0v) is 13.2. The van der Waals surface area contributed by atoms with Gasteiger partial charge >= 0.3 is 0 Å². The van der Waals surface area contributed by atoms with Crippen LogP contribution in [0.1, 0.15) is 6.92 Å².